The van der Waals surface area contributed by atoms with Crippen LogP contribution in [0.5, 0.6) is 0 Å². The zero-order valence-electron chi connectivity index (χ0n) is 6.36. The van der Waals surface area contributed by atoms with Crippen molar-refractivity contribution in [2.24, 2.45) is 0 Å². The second-order valence-corrected chi connectivity index (χ2v) is 9.37. The van der Waals surface area contributed by atoms with Crippen molar-refractivity contribution in [3.05, 3.63) is 0 Å². The molecule has 0 saturated heterocycles. The van der Waals surface area contributed by atoms with E-state index in [2.05, 4.69) is 6.92 Å². The molecule has 2 nitrogen and oxygen atoms in total. The summed E-state index contributed by atoms with van der Waals surface area (Å²) in [5.41, 5.74) is -2.46. The quantitative estimate of drug-likeness (QED) is 0.463. The molecule has 1 unspecified atom stereocenters. The van der Waals surface area contributed by atoms with E-state index in [-0.39, 0.29) is 0 Å². The first-order valence-electron chi connectivity index (χ1n) is 3.41. The van der Waals surface area contributed by atoms with Gasteiger partial charge in [0.1, 0.15) is 0 Å². The van der Waals surface area contributed by atoms with Crippen LogP contribution in [0.3, 0.4) is 0 Å². The molecular formula is C5H12MoO2PS2. The third kappa shape index (κ3) is 7.95. The van der Waals surface area contributed by atoms with Gasteiger partial charge in [-0.25, -0.2) is 0 Å². The van der Waals surface area contributed by atoms with Crippen molar-refractivity contribution >= 4 is 28.9 Å². The van der Waals surface area contributed by atoms with Gasteiger partial charge in [0.15, 0.2) is 0 Å². The molecule has 0 aliphatic rings. The number of hydrogen-bond acceptors (Lipinski definition) is 3. The Bertz CT molecular complexity index is 144. The van der Waals surface area contributed by atoms with Crippen molar-refractivity contribution in [1.29, 1.82) is 0 Å². The molecule has 0 aliphatic carbocycles. The van der Waals surface area contributed by atoms with Gasteiger partial charge < -0.3 is 0 Å². The summed E-state index contributed by atoms with van der Waals surface area (Å²) in [6.45, 7) is 2.15. The maximum atomic E-state index is 9.29. The molecule has 1 N–H and O–H groups in total. The summed E-state index contributed by atoms with van der Waals surface area (Å²) in [4.78, 5) is 9.29. The predicted molar refractivity (Wildman–Crippen MR) is 49.6 cm³/mol. The zero-order valence-corrected chi connectivity index (χ0v) is 10.9. The fraction of sp³-hybridized carbons (Fsp3) is 1.00. The minimum atomic E-state index is -2.46. The van der Waals surface area contributed by atoms with Crippen LogP contribution in [-0.2, 0) is 35.2 Å². The number of hydrogen-bond donors (Lipinski definition) is 1. The van der Waals surface area contributed by atoms with Crippen molar-refractivity contribution in [3.63, 3.8) is 0 Å². The summed E-state index contributed by atoms with van der Waals surface area (Å²) in [7, 11) is 0. The second-order valence-electron chi connectivity index (χ2n) is 2.08. The van der Waals surface area contributed by atoms with Gasteiger partial charge in [-0.3, -0.25) is 0 Å². The van der Waals surface area contributed by atoms with Gasteiger partial charge in [-0.2, -0.15) is 0 Å². The SMILES string of the molecule is CCCCCSP(O)(=S)[O][Mo]. The molecule has 0 amide bonds. The van der Waals surface area contributed by atoms with E-state index in [4.69, 9.17) is 15.0 Å². The van der Waals surface area contributed by atoms with Crippen LogP contribution in [0.4, 0.5) is 0 Å². The van der Waals surface area contributed by atoms with E-state index in [1.54, 1.807) is 0 Å². The minimum absolute atomic E-state index is 0.914. The van der Waals surface area contributed by atoms with Crippen molar-refractivity contribution in [3.8, 4) is 0 Å². The first kappa shape index (κ1) is 12.6. The van der Waals surface area contributed by atoms with Crippen molar-refractivity contribution in [2.75, 3.05) is 5.75 Å². The maximum absolute atomic E-state index is 9.29. The van der Waals surface area contributed by atoms with E-state index in [1.807, 2.05) is 0 Å². The fourth-order valence-electron chi connectivity index (χ4n) is 0.553. The summed E-state index contributed by atoms with van der Waals surface area (Å²) in [5, 5.41) is 0. The van der Waals surface area contributed by atoms with E-state index in [1.165, 1.54) is 44.4 Å². The topological polar surface area (TPSA) is 29.5 Å². The first-order valence-corrected chi connectivity index (χ1v) is 8.49. The molecule has 0 bridgehead atoms. The molecule has 0 aromatic carbocycles. The van der Waals surface area contributed by atoms with E-state index in [0.29, 0.717) is 0 Å². The van der Waals surface area contributed by atoms with Crippen LogP contribution < -0.4 is 0 Å². The molecule has 0 rings (SSSR count). The average Bonchev–Trinajstić information content (AvgIpc) is 1.99. The molecular weight excluding hydrogens is 283 g/mol. The van der Waals surface area contributed by atoms with Gasteiger partial charge in [0, 0.05) is 0 Å². The monoisotopic (exact) mass is 297 g/mol. The zero-order chi connectivity index (χ0) is 8.74. The average molecular weight is 295 g/mol. The van der Waals surface area contributed by atoms with Gasteiger partial charge in [-0.15, -0.1) is 0 Å². The molecule has 1 atom stereocenters. The third-order valence-corrected chi connectivity index (χ3v) is 8.11. The molecule has 0 spiro atoms. The molecule has 0 aromatic rings. The van der Waals surface area contributed by atoms with Crippen molar-refractivity contribution in [2.45, 2.75) is 26.2 Å². The van der Waals surface area contributed by atoms with Gasteiger partial charge in [0.2, 0.25) is 0 Å². The van der Waals surface area contributed by atoms with Gasteiger partial charge in [0.05, 0.1) is 0 Å². The first-order chi connectivity index (χ1) is 5.12. The Morgan fingerprint density at radius 1 is 1.64 bits per heavy atom. The van der Waals surface area contributed by atoms with E-state index < -0.39 is 5.69 Å². The van der Waals surface area contributed by atoms with E-state index in [9.17, 15) is 4.89 Å². The second kappa shape index (κ2) is 7.05. The van der Waals surface area contributed by atoms with Crippen LogP contribution in [0.2, 0.25) is 0 Å². The Morgan fingerprint density at radius 2 is 2.27 bits per heavy atom. The Labute approximate surface area is 88.8 Å². The van der Waals surface area contributed by atoms with Crippen LogP contribution in [0, 0.1) is 0 Å². The Hall–Kier alpha value is 1.61. The van der Waals surface area contributed by atoms with Gasteiger partial charge in [-0.1, -0.05) is 0 Å². The van der Waals surface area contributed by atoms with Crippen LogP contribution in [0.1, 0.15) is 26.2 Å². The fourth-order valence-corrected chi connectivity index (χ4v) is 3.99. The van der Waals surface area contributed by atoms with Crippen LogP contribution in [0.15, 0.2) is 0 Å². The molecule has 0 radical (unpaired) electrons. The third-order valence-electron chi connectivity index (χ3n) is 1.10. The molecule has 0 aliphatic heterocycles. The predicted octanol–water partition coefficient (Wildman–Crippen LogP) is 2.61. The Balaban J connectivity index is 3.31. The number of unbranched alkanes of at least 4 members (excludes halogenated alkanes) is 2. The molecule has 11 heavy (non-hydrogen) atoms. The van der Waals surface area contributed by atoms with Gasteiger partial charge >= 0.3 is 89.1 Å². The van der Waals surface area contributed by atoms with Gasteiger partial charge in [-0.05, 0) is 0 Å². The van der Waals surface area contributed by atoms with Gasteiger partial charge in [0.25, 0.3) is 0 Å². The van der Waals surface area contributed by atoms with E-state index in [0.717, 1.165) is 12.2 Å². The molecule has 0 fully saturated rings. The summed E-state index contributed by atoms with van der Waals surface area (Å²) < 4.78 is 4.77. The summed E-state index contributed by atoms with van der Waals surface area (Å²) in [5.74, 6) is 0.914. The van der Waals surface area contributed by atoms with Crippen molar-refractivity contribution in [1.82, 2.24) is 0 Å². The van der Waals surface area contributed by atoms with E-state index >= 15 is 0 Å². The molecule has 0 heterocycles. The normalized spacial score (nSPS) is 16.2. The molecule has 0 saturated carbocycles. The Kier molecular flexibility index (Phi) is 8.09. The molecule has 6 heteroatoms. The Morgan fingerprint density at radius 3 is 2.73 bits per heavy atom. The van der Waals surface area contributed by atoms with Crippen LogP contribution >= 0.6 is 17.1 Å². The molecule has 67 valence electrons. The van der Waals surface area contributed by atoms with Crippen LogP contribution in [-0.4, -0.2) is 10.6 Å². The number of rotatable bonds is 6. The van der Waals surface area contributed by atoms with Crippen LogP contribution in [0.25, 0.3) is 0 Å². The molecule has 0 aromatic heterocycles. The standard InChI is InChI=1S/C5H13O2PS2.Mo/c1-2-3-4-5-10-8(6,7)9;/h2-5H2,1H3,(H2,6,7,9);/q;+1/p-1. The summed E-state index contributed by atoms with van der Waals surface area (Å²) >= 11 is 7.58. The summed E-state index contributed by atoms with van der Waals surface area (Å²) in [6.07, 6.45) is 3.51. The summed E-state index contributed by atoms with van der Waals surface area (Å²) in [6, 6.07) is 0. The van der Waals surface area contributed by atoms with Crippen molar-refractivity contribution < 1.29 is 28.3 Å².